The summed E-state index contributed by atoms with van der Waals surface area (Å²) >= 11 is 0. The average Bonchev–Trinajstić information content (AvgIpc) is 2.70. The van der Waals surface area contributed by atoms with Crippen molar-refractivity contribution in [2.24, 2.45) is 0 Å². The Labute approximate surface area is 193 Å². The predicted octanol–water partition coefficient (Wildman–Crippen LogP) is 4.72. The Morgan fingerprint density at radius 2 is 1.45 bits per heavy atom. The van der Waals surface area contributed by atoms with Crippen LogP contribution in [0.15, 0.2) is 48.6 Å². The highest BCUT2D eigenvalue weighted by Crippen LogP contribution is 2.39. The molecule has 0 saturated heterocycles. The molecule has 180 valence electrons. The highest BCUT2D eigenvalue weighted by Gasteiger charge is 2.32. The van der Waals surface area contributed by atoms with Crippen LogP contribution in [0.1, 0.15) is 41.2 Å². The lowest BCUT2D eigenvalue weighted by Gasteiger charge is -2.33. The molecule has 0 bridgehead atoms. The van der Waals surface area contributed by atoms with Crippen molar-refractivity contribution in [1.29, 1.82) is 0 Å². The van der Waals surface area contributed by atoms with Gasteiger partial charge in [-0.3, -0.25) is 0 Å². The molecule has 2 N–H and O–H groups in total. The highest BCUT2D eigenvalue weighted by atomic mass is 19.1. The van der Waals surface area contributed by atoms with E-state index in [0.29, 0.717) is 13.1 Å². The van der Waals surface area contributed by atoms with Gasteiger partial charge in [0.25, 0.3) is 0 Å². The highest BCUT2D eigenvalue weighted by molar-refractivity contribution is 6.27. The van der Waals surface area contributed by atoms with Gasteiger partial charge in [-0.05, 0) is 56.6 Å². The van der Waals surface area contributed by atoms with Crippen LogP contribution in [0.3, 0.4) is 0 Å². The fourth-order valence-electron chi connectivity index (χ4n) is 3.88. The topological polar surface area (TPSA) is 87.1 Å². The van der Waals surface area contributed by atoms with Crippen molar-refractivity contribution >= 4 is 11.9 Å². The van der Waals surface area contributed by atoms with E-state index >= 15 is 0 Å². The van der Waals surface area contributed by atoms with Gasteiger partial charge >= 0.3 is 11.9 Å². The summed E-state index contributed by atoms with van der Waals surface area (Å²) in [7, 11) is 3.50. The van der Waals surface area contributed by atoms with Crippen molar-refractivity contribution in [1.82, 2.24) is 4.90 Å². The summed E-state index contributed by atoms with van der Waals surface area (Å²) in [5.41, 5.74) is 4.26. The first-order valence-corrected chi connectivity index (χ1v) is 10.2. The van der Waals surface area contributed by atoms with Crippen molar-refractivity contribution in [3.05, 3.63) is 82.4 Å². The van der Waals surface area contributed by atoms with Gasteiger partial charge in [0, 0.05) is 26.1 Å². The number of hydrogen-bond acceptors (Lipinski definition) is 4. The third kappa shape index (κ3) is 8.07. The maximum absolute atomic E-state index is 14.6. The first-order valence-electron chi connectivity index (χ1n) is 10.2. The maximum atomic E-state index is 14.6. The second kappa shape index (κ2) is 12.8. The molecule has 0 aliphatic rings. The van der Waals surface area contributed by atoms with Gasteiger partial charge in [-0.1, -0.05) is 36.4 Å². The number of methoxy groups -OCH3 is 1. The van der Waals surface area contributed by atoms with E-state index in [1.807, 2.05) is 46.0 Å². The van der Waals surface area contributed by atoms with Crippen LogP contribution in [0.4, 0.5) is 8.78 Å². The van der Waals surface area contributed by atoms with E-state index in [1.54, 1.807) is 0 Å². The van der Waals surface area contributed by atoms with Crippen molar-refractivity contribution in [3.63, 3.8) is 0 Å². The molecule has 0 aromatic heterocycles. The monoisotopic (exact) mass is 463 g/mol. The number of ether oxygens (including phenoxy) is 1. The van der Waals surface area contributed by atoms with Crippen LogP contribution in [0.2, 0.25) is 0 Å². The van der Waals surface area contributed by atoms with Gasteiger partial charge in [0.15, 0.2) is 0 Å². The number of carboxylic acid groups (broad SMARTS) is 2. The molecule has 0 amide bonds. The smallest absolute Gasteiger partial charge is 0.414 e. The quantitative estimate of drug-likeness (QED) is 0.435. The fraction of sp³-hybridized carbons (Fsp3) is 0.360. The molecule has 0 saturated carbocycles. The van der Waals surface area contributed by atoms with Gasteiger partial charge in [-0.15, -0.1) is 0 Å². The molecule has 2 atom stereocenters. The van der Waals surface area contributed by atoms with E-state index in [1.165, 1.54) is 25.3 Å². The summed E-state index contributed by atoms with van der Waals surface area (Å²) in [6.07, 6.45) is -0.737. The molecule has 2 rings (SSSR count). The molecular formula is C25H31F2NO5. The number of carboxylic acids is 2. The molecule has 0 aliphatic carbocycles. The van der Waals surface area contributed by atoms with Crippen LogP contribution in [0, 0.1) is 25.5 Å². The summed E-state index contributed by atoms with van der Waals surface area (Å²) in [6.45, 7) is 11.3. The number of carbonyl (C=O) groups is 2. The van der Waals surface area contributed by atoms with Gasteiger partial charge < -0.3 is 19.8 Å². The number of rotatable bonds is 8. The van der Waals surface area contributed by atoms with Crippen LogP contribution < -0.4 is 0 Å². The molecule has 0 fully saturated rings. The number of nitrogens with zero attached hydrogens (tertiary/aromatic N) is 1. The van der Waals surface area contributed by atoms with Crippen molar-refractivity contribution in [2.45, 2.75) is 32.8 Å². The van der Waals surface area contributed by atoms with Gasteiger partial charge in [0.1, 0.15) is 11.6 Å². The Bertz CT molecular complexity index is 940. The lowest BCUT2D eigenvalue weighted by molar-refractivity contribution is -0.159. The zero-order valence-electron chi connectivity index (χ0n) is 19.6. The van der Waals surface area contributed by atoms with Crippen LogP contribution in [0.25, 0.3) is 0 Å². The van der Waals surface area contributed by atoms with Crippen LogP contribution in [-0.2, 0) is 14.3 Å². The van der Waals surface area contributed by atoms with Gasteiger partial charge in [0.05, 0.1) is 11.7 Å². The maximum Gasteiger partial charge on any atom is 0.414 e. The zero-order chi connectivity index (χ0) is 25.3. The molecule has 0 aliphatic heterocycles. The summed E-state index contributed by atoms with van der Waals surface area (Å²) in [5.74, 6) is -5.04. The first-order chi connectivity index (χ1) is 15.4. The van der Waals surface area contributed by atoms with Crippen LogP contribution in [-0.4, -0.2) is 54.3 Å². The van der Waals surface area contributed by atoms with Crippen LogP contribution in [0.5, 0.6) is 0 Å². The third-order valence-corrected chi connectivity index (χ3v) is 5.05. The molecule has 8 heteroatoms. The minimum absolute atomic E-state index is 0.0172. The number of benzene rings is 2. The Balaban J connectivity index is 0.000000801. The first kappa shape index (κ1) is 27.9. The fourth-order valence-corrected chi connectivity index (χ4v) is 3.88. The Morgan fingerprint density at radius 1 is 1.00 bits per heavy atom. The minimum atomic E-state index is -1.82. The van der Waals surface area contributed by atoms with Crippen molar-refractivity contribution in [2.75, 3.05) is 27.2 Å². The van der Waals surface area contributed by atoms with Crippen molar-refractivity contribution < 1.29 is 33.3 Å². The molecule has 2 aromatic rings. The lowest BCUT2D eigenvalue weighted by Crippen LogP contribution is -2.31. The van der Waals surface area contributed by atoms with E-state index in [0.717, 1.165) is 22.3 Å². The largest absolute Gasteiger partial charge is 0.473 e. The minimum Gasteiger partial charge on any atom is -0.473 e. The summed E-state index contributed by atoms with van der Waals surface area (Å²) in [5, 5.41) is 14.8. The molecule has 0 radical (unpaired) electrons. The lowest BCUT2D eigenvalue weighted by atomic mass is 9.83. The van der Waals surface area contributed by atoms with E-state index in [9.17, 15) is 8.78 Å². The number of hydrogen-bond donors (Lipinski definition) is 2. The van der Waals surface area contributed by atoms with E-state index in [2.05, 4.69) is 11.5 Å². The molecule has 0 spiro atoms. The van der Waals surface area contributed by atoms with Gasteiger partial charge in [0.2, 0.25) is 0 Å². The van der Waals surface area contributed by atoms with Gasteiger partial charge in [-0.25, -0.2) is 18.4 Å². The summed E-state index contributed by atoms with van der Waals surface area (Å²) in [4.78, 5) is 20.3. The molecule has 33 heavy (non-hydrogen) atoms. The zero-order valence-corrected chi connectivity index (χ0v) is 19.6. The Hall–Kier alpha value is -3.10. The van der Waals surface area contributed by atoms with Crippen LogP contribution >= 0.6 is 0 Å². The predicted molar refractivity (Wildman–Crippen MR) is 122 cm³/mol. The third-order valence-electron chi connectivity index (χ3n) is 5.05. The van der Waals surface area contributed by atoms with E-state index in [4.69, 9.17) is 24.5 Å². The van der Waals surface area contributed by atoms with E-state index in [-0.39, 0.29) is 11.5 Å². The normalized spacial score (nSPS) is 12.5. The Kier molecular flexibility index (Phi) is 10.8. The number of aliphatic carboxylic acids is 2. The molecule has 6 nitrogen and oxygen atoms in total. The second-order valence-corrected chi connectivity index (χ2v) is 7.97. The molecule has 0 heterocycles. The van der Waals surface area contributed by atoms with Gasteiger partial charge in [-0.2, -0.15) is 0 Å². The molecule has 2 aromatic carbocycles. The number of aryl methyl sites for hydroxylation is 2. The standard InChI is InChI=1S/C23H29F2NO.C2H2O4/c1-15(2)13-26(5)14-18(21-16(3)9-7-10-17(21)4)23(27-6)22-19(24)11-8-12-20(22)25;3-1(4)2(5)6/h7-12,18,23H,1,13-14H2,2-6H3;(H,3,4)(H,5,6). The summed E-state index contributed by atoms with van der Waals surface area (Å²) < 4.78 is 34.8. The average molecular weight is 464 g/mol. The molecular weight excluding hydrogens is 432 g/mol. The molecule has 2 unspecified atom stereocenters. The number of likely N-dealkylation sites (N-methyl/N-ethyl adjacent to an activating group) is 1. The second-order valence-electron chi connectivity index (χ2n) is 7.97. The summed E-state index contributed by atoms with van der Waals surface area (Å²) in [6, 6.07) is 9.99. The number of halogens is 2. The van der Waals surface area contributed by atoms with E-state index < -0.39 is 29.7 Å². The van der Waals surface area contributed by atoms with Crippen molar-refractivity contribution in [3.8, 4) is 0 Å². The Morgan fingerprint density at radius 3 is 1.85 bits per heavy atom. The SMILES string of the molecule is C=C(C)CN(C)CC(c1c(C)cccc1C)C(OC)c1c(F)cccc1F.O=C(O)C(=O)O.